The second kappa shape index (κ2) is 5.92. The maximum absolute atomic E-state index is 13.7. The van der Waals surface area contributed by atoms with Crippen LogP contribution in [0.2, 0.25) is 5.02 Å². The first-order valence-corrected chi connectivity index (χ1v) is 6.40. The highest BCUT2D eigenvalue weighted by Crippen LogP contribution is 2.19. The molecule has 20 heavy (non-hydrogen) atoms. The number of carbonyl (C=O) groups is 1. The number of nitrogens with two attached hydrogens (primary N) is 1. The number of nitrogens with zero attached hydrogens (tertiary/aromatic N) is 1. The van der Waals surface area contributed by atoms with Crippen LogP contribution in [0, 0.1) is 5.82 Å². The van der Waals surface area contributed by atoms with Crippen molar-refractivity contribution in [3.8, 4) is 0 Å². The van der Waals surface area contributed by atoms with E-state index >= 15 is 0 Å². The summed E-state index contributed by atoms with van der Waals surface area (Å²) in [5.41, 5.74) is 6.55. The van der Waals surface area contributed by atoms with Gasteiger partial charge in [-0.2, -0.15) is 0 Å². The van der Waals surface area contributed by atoms with E-state index in [0.29, 0.717) is 11.6 Å². The molecule has 0 radical (unpaired) electrons. The topological polar surface area (TPSA) is 46.3 Å². The van der Waals surface area contributed by atoms with Crippen LogP contribution >= 0.6 is 11.6 Å². The van der Waals surface area contributed by atoms with Crippen molar-refractivity contribution >= 4 is 23.2 Å². The fraction of sp³-hybridized carbons (Fsp3) is 0.133. The van der Waals surface area contributed by atoms with Crippen LogP contribution in [-0.4, -0.2) is 17.9 Å². The van der Waals surface area contributed by atoms with E-state index in [9.17, 15) is 9.18 Å². The number of carbonyl (C=O) groups excluding carboxylic acids is 1. The molecule has 0 saturated carbocycles. The number of rotatable bonds is 3. The highest BCUT2D eigenvalue weighted by molar-refractivity contribution is 6.31. The maximum atomic E-state index is 13.7. The van der Waals surface area contributed by atoms with Gasteiger partial charge in [0.25, 0.3) is 5.91 Å². The molecule has 0 heterocycles. The van der Waals surface area contributed by atoms with E-state index in [0.717, 1.165) is 11.6 Å². The normalized spacial score (nSPS) is 10.3. The van der Waals surface area contributed by atoms with Gasteiger partial charge in [-0.25, -0.2) is 4.39 Å². The van der Waals surface area contributed by atoms with Gasteiger partial charge in [-0.15, -0.1) is 0 Å². The predicted octanol–water partition coefficient (Wildman–Crippen LogP) is 3.33. The van der Waals surface area contributed by atoms with Gasteiger partial charge < -0.3 is 10.6 Å². The monoisotopic (exact) mass is 292 g/mol. The molecule has 3 nitrogen and oxygen atoms in total. The first kappa shape index (κ1) is 14.3. The summed E-state index contributed by atoms with van der Waals surface area (Å²) in [6.45, 7) is 0.308. The van der Waals surface area contributed by atoms with Crippen molar-refractivity contribution in [2.75, 3.05) is 12.8 Å². The quantitative estimate of drug-likeness (QED) is 0.882. The van der Waals surface area contributed by atoms with Crippen LogP contribution in [0.1, 0.15) is 15.9 Å². The number of halogens is 2. The molecule has 0 aliphatic rings. The maximum Gasteiger partial charge on any atom is 0.256 e. The van der Waals surface area contributed by atoms with Crippen LogP contribution in [0.15, 0.2) is 42.5 Å². The molecule has 0 fully saturated rings. The average Bonchev–Trinajstić information content (AvgIpc) is 2.40. The van der Waals surface area contributed by atoms with Gasteiger partial charge in [-0.1, -0.05) is 29.8 Å². The van der Waals surface area contributed by atoms with Gasteiger partial charge in [-0.3, -0.25) is 4.79 Å². The third-order valence-electron chi connectivity index (χ3n) is 2.94. The molecule has 2 aromatic carbocycles. The lowest BCUT2D eigenvalue weighted by molar-refractivity contribution is 0.0780. The van der Waals surface area contributed by atoms with Crippen LogP contribution < -0.4 is 5.73 Å². The number of benzene rings is 2. The molecule has 5 heteroatoms. The lowest BCUT2D eigenvalue weighted by atomic mass is 10.1. The summed E-state index contributed by atoms with van der Waals surface area (Å²) in [5.74, 6) is -1.04. The van der Waals surface area contributed by atoms with E-state index in [1.165, 1.54) is 17.0 Å². The van der Waals surface area contributed by atoms with Gasteiger partial charge in [0.1, 0.15) is 5.82 Å². The van der Waals surface area contributed by atoms with E-state index in [1.54, 1.807) is 13.1 Å². The Morgan fingerprint density at radius 3 is 2.65 bits per heavy atom. The third kappa shape index (κ3) is 3.08. The Labute approximate surface area is 121 Å². The molecule has 0 unspecified atom stereocenters. The summed E-state index contributed by atoms with van der Waals surface area (Å²) in [5, 5.41) is 0.574. The molecule has 0 bridgehead atoms. The fourth-order valence-electron chi connectivity index (χ4n) is 1.86. The van der Waals surface area contributed by atoms with Gasteiger partial charge in [0.05, 0.1) is 5.56 Å². The highest BCUT2D eigenvalue weighted by Gasteiger charge is 2.17. The van der Waals surface area contributed by atoms with Crippen molar-refractivity contribution in [1.82, 2.24) is 4.90 Å². The van der Waals surface area contributed by atoms with Gasteiger partial charge in [0, 0.05) is 24.3 Å². The Bertz CT molecular complexity index is 646. The second-order valence-corrected chi connectivity index (χ2v) is 4.90. The number of amides is 1. The lowest BCUT2D eigenvalue weighted by Gasteiger charge is -2.18. The van der Waals surface area contributed by atoms with Crippen LogP contribution in [0.5, 0.6) is 0 Å². The van der Waals surface area contributed by atoms with Crippen LogP contribution in [0.25, 0.3) is 0 Å². The van der Waals surface area contributed by atoms with Crippen molar-refractivity contribution in [3.63, 3.8) is 0 Å². The molecule has 104 valence electrons. The zero-order valence-corrected chi connectivity index (χ0v) is 11.7. The molecule has 0 spiro atoms. The fourth-order valence-corrected chi connectivity index (χ4v) is 2.06. The number of hydrogen-bond acceptors (Lipinski definition) is 2. The minimum absolute atomic E-state index is 0.00578. The summed E-state index contributed by atoms with van der Waals surface area (Å²) in [6, 6.07) is 11.2. The zero-order chi connectivity index (χ0) is 14.7. The third-order valence-corrected chi connectivity index (χ3v) is 3.30. The SMILES string of the molecule is CN(Cc1ccccc1Cl)C(=O)c1ccc(N)cc1F. The van der Waals surface area contributed by atoms with Crippen molar-refractivity contribution in [1.29, 1.82) is 0 Å². The number of anilines is 1. The van der Waals surface area contributed by atoms with Gasteiger partial charge >= 0.3 is 0 Å². The van der Waals surface area contributed by atoms with E-state index in [4.69, 9.17) is 17.3 Å². The Kier molecular flexibility index (Phi) is 4.25. The standard InChI is InChI=1S/C15H14ClFN2O/c1-19(9-10-4-2-3-5-13(10)16)15(20)12-7-6-11(18)8-14(12)17/h2-8H,9,18H2,1H3. The van der Waals surface area contributed by atoms with Crippen LogP contribution in [0.4, 0.5) is 10.1 Å². The summed E-state index contributed by atoms with van der Waals surface area (Å²) in [6.07, 6.45) is 0. The summed E-state index contributed by atoms with van der Waals surface area (Å²) < 4.78 is 13.7. The summed E-state index contributed by atoms with van der Waals surface area (Å²) in [7, 11) is 1.60. The first-order valence-electron chi connectivity index (χ1n) is 6.03. The van der Waals surface area contributed by atoms with E-state index < -0.39 is 11.7 Å². The molecular formula is C15H14ClFN2O. The van der Waals surface area contributed by atoms with Crippen LogP contribution in [-0.2, 0) is 6.54 Å². The smallest absolute Gasteiger partial charge is 0.256 e. The van der Waals surface area contributed by atoms with E-state index in [2.05, 4.69) is 0 Å². The van der Waals surface area contributed by atoms with Crippen molar-refractivity contribution in [2.45, 2.75) is 6.54 Å². The Hall–Kier alpha value is -2.07. The minimum atomic E-state index is -0.624. The molecule has 0 aromatic heterocycles. The predicted molar refractivity (Wildman–Crippen MR) is 78.1 cm³/mol. The number of nitrogen functional groups attached to an aromatic ring is 1. The Morgan fingerprint density at radius 1 is 1.30 bits per heavy atom. The Balaban J connectivity index is 2.19. The molecule has 0 atom stereocenters. The van der Waals surface area contributed by atoms with Crippen molar-refractivity contribution in [2.24, 2.45) is 0 Å². The van der Waals surface area contributed by atoms with E-state index in [1.807, 2.05) is 18.2 Å². The second-order valence-electron chi connectivity index (χ2n) is 4.49. The molecular weight excluding hydrogens is 279 g/mol. The molecule has 1 amide bonds. The van der Waals surface area contributed by atoms with Gasteiger partial charge in [0.2, 0.25) is 0 Å². The van der Waals surface area contributed by atoms with Crippen molar-refractivity contribution in [3.05, 3.63) is 64.4 Å². The summed E-state index contributed by atoms with van der Waals surface area (Å²) in [4.78, 5) is 13.6. The largest absolute Gasteiger partial charge is 0.399 e. The van der Waals surface area contributed by atoms with Crippen LogP contribution in [0.3, 0.4) is 0 Å². The van der Waals surface area contributed by atoms with Gasteiger partial charge in [0.15, 0.2) is 0 Å². The molecule has 2 aromatic rings. The Morgan fingerprint density at radius 2 is 2.00 bits per heavy atom. The summed E-state index contributed by atoms with van der Waals surface area (Å²) >= 11 is 6.04. The zero-order valence-electron chi connectivity index (χ0n) is 10.9. The molecule has 0 saturated heterocycles. The molecule has 2 rings (SSSR count). The average molecular weight is 293 g/mol. The lowest BCUT2D eigenvalue weighted by Crippen LogP contribution is -2.27. The van der Waals surface area contributed by atoms with Gasteiger partial charge in [-0.05, 0) is 29.8 Å². The number of hydrogen-bond donors (Lipinski definition) is 1. The van der Waals surface area contributed by atoms with Crippen molar-refractivity contribution < 1.29 is 9.18 Å². The minimum Gasteiger partial charge on any atom is -0.399 e. The molecule has 0 aliphatic carbocycles. The molecule has 0 aliphatic heterocycles. The van der Waals surface area contributed by atoms with E-state index in [-0.39, 0.29) is 11.3 Å². The highest BCUT2D eigenvalue weighted by atomic mass is 35.5. The molecule has 2 N–H and O–H groups in total. The first-order chi connectivity index (χ1) is 9.49.